The van der Waals surface area contributed by atoms with Gasteiger partial charge in [0.2, 0.25) is 5.91 Å². The number of carbonyl (C=O) groups is 3. The lowest BCUT2D eigenvalue weighted by Gasteiger charge is -2.21. The van der Waals surface area contributed by atoms with Crippen LogP contribution in [0.3, 0.4) is 0 Å². The van der Waals surface area contributed by atoms with E-state index in [4.69, 9.17) is 4.74 Å². The summed E-state index contributed by atoms with van der Waals surface area (Å²) in [5.74, 6) is -1.11. The number of aromatic nitrogens is 1. The molecule has 0 radical (unpaired) electrons. The van der Waals surface area contributed by atoms with Gasteiger partial charge in [-0.15, -0.1) is 0 Å². The number of nitrogens with one attached hydrogen (secondary N) is 2. The predicted molar refractivity (Wildman–Crippen MR) is 124 cm³/mol. The molecule has 0 unspecified atom stereocenters. The van der Waals surface area contributed by atoms with Crippen LogP contribution >= 0.6 is 0 Å². The second kappa shape index (κ2) is 11.1. The maximum atomic E-state index is 12.6. The van der Waals surface area contributed by atoms with Gasteiger partial charge in [-0.2, -0.15) is 0 Å². The van der Waals surface area contributed by atoms with Crippen molar-refractivity contribution in [2.45, 2.75) is 33.1 Å². The molecular formula is C25H29N3O4. The van der Waals surface area contributed by atoms with E-state index in [1.807, 2.05) is 68.6 Å². The maximum Gasteiger partial charge on any atom is 0.306 e. The summed E-state index contributed by atoms with van der Waals surface area (Å²) >= 11 is 0. The van der Waals surface area contributed by atoms with Gasteiger partial charge in [-0.05, 0) is 43.0 Å². The first-order valence-corrected chi connectivity index (χ1v) is 10.8. The standard InChI is InChI=1S/C25H29N3O4/c1-3-14-28(16-23(29)27-21-10-6-4-8-18(21)2)24(30)17-32-25(31)13-12-19-15-26-22-11-7-5-9-20(19)22/h4-11,15,26H,3,12-14,16-17H2,1-2H3,(H,27,29). The Kier molecular flexibility index (Phi) is 8.02. The number of hydrogen-bond acceptors (Lipinski definition) is 4. The molecule has 0 atom stereocenters. The fraction of sp³-hybridized carbons (Fsp3) is 0.320. The van der Waals surface area contributed by atoms with Gasteiger partial charge in [0.1, 0.15) is 0 Å². The Morgan fingerprint density at radius 2 is 1.81 bits per heavy atom. The Morgan fingerprint density at radius 1 is 1.06 bits per heavy atom. The minimum atomic E-state index is -0.440. The van der Waals surface area contributed by atoms with E-state index in [9.17, 15) is 14.4 Å². The van der Waals surface area contributed by atoms with Crippen LogP contribution in [0, 0.1) is 6.92 Å². The van der Waals surface area contributed by atoms with E-state index in [1.54, 1.807) is 0 Å². The largest absolute Gasteiger partial charge is 0.456 e. The topological polar surface area (TPSA) is 91.5 Å². The average Bonchev–Trinajstić information content (AvgIpc) is 3.20. The number of rotatable bonds is 10. The van der Waals surface area contributed by atoms with Crippen molar-refractivity contribution >= 4 is 34.4 Å². The van der Waals surface area contributed by atoms with Crippen LogP contribution in [-0.2, 0) is 25.5 Å². The highest BCUT2D eigenvalue weighted by molar-refractivity contribution is 5.95. The van der Waals surface area contributed by atoms with Crippen LogP contribution in [-0.4, -0.2) is 47.4 Å². The lowest BCUT2D eigenvalue weighted by atomic mass is 10.1. The van der Waals surface area contributed by atoms with E-state index in [0.29, 0.717) is 25.1 Å². The van der Waals surface area contributed by atoms with Crippen molar-refractivity contribution in [3.63, 3.8) is 0 Å². The Labute approximate surface area is 187 Å². The summed E-state index contributed by atoms with van der Waals surface area (Å²) in [5, 5.41) is 3.90. The molecular weight excluding hydrogens is 406 g/mol. The molecule has 0 aliphatic carbocycles. The summed E-state index contributed by atoms with van der Waals surface area (Å²) in [5.41, 5.74) is 3.71. The molecule has 7 heteroatoms. The zero-order valence-electron chi connectivity index (χ0n) is 18.5. The van der Waals surface area contributed by atoms with Crippen LogP contribution in [0.5, 0.6) is 0 Å². The third-order valence-corrected chi connectivity index (χ3v) is 5.23. The number of aromatic amines is 1. The lowest BCUT2D eigenvalue weighted by Crippen LogP contribution is -2.40. The first-order valence-electron chi connectivity index (χ1n) is 10.8. The number of ether oxygens (including phenoxy) is 1. The Bertz CT molecular complexity index is 1090. The van der Waals surface area contributed by atoms with Gasteiger partial charge in [0.05, 0.1) is 6.54 Å². The summed E-state index contributed by atoms with van der Waals surface area (Å²) in [6, 6.07) is 15.3. The number of amides is 2. The average molecular weight is 436 g/mol. The molecule has 3 rings (SSSR count). The lowest BCUT2D eigenvalue weighted by molar-refractivity contribution is -0.152. The van der Waals surface area contributed by atoms with Crippen molar-refractivity contribution in [2.24, 2.45) is 0 Å². The van der Waals surface area contributed by atoms with Crippen molar-refractivity contribution in [3.05, 3.63) is 65.9 Å². The highest BCUT2D eigenvalue weighted by atomic mass is 16.5. The number of nitrogens with zero attached hydrogens (tertiary/aromatic N) is 1. The molecule has 168 valence electrons. The number of hydrogen-bond donors (Lipinski definition) is 2. The fourth-order valence-electron chi connectivity index (χ4n) is 3.52. The number of benzene rings is 2. The van der Waals surface area contributed by atoms with Gasteiger partial charge < -0.3 is 19.9 Å². The number of carbonyl (C=O) groups excluding carboxylic acids is 3. The second-order valence-corrected chi connectivity index (χ2v) is 7.70. The van der Waals surface area contributed by atoms with E-state index in [2.05, 4.69) is 10.3 Å². The third kappa shape index (κ3) is 6.20. The van der Waals surface area contributed by atoms with Gasteiger partial charge in [-0.3, -0.25) is 14.4 Å². The maximum absolute atomic E-state index is 12.6. The van der Waals surface area contributed by atoms with Crippen molar-refractivity contribution in [1.82, 2.24) is 9.88 Å². The summed E-state index contributed by atoms with van der Waals surface area (Å²) in [6.07, 6.45) is 3.28. The molecule has 1 heterocycles. The fourth-order valence-corrected chi connectivity index (χ4v) is 3.52. The van der Waals surface area contributed by atoms with Gasteiger partial charge in [-0.25, -0.2) is 0 Å². The highest BCUT2D eigenvalue weighted by Gasteiger charge is 2.19. The molecule has 2 aromatic carbocycles. The van der Waals surface area contributed by atoms with Crippen molar-refractivity contribution in [1.29, 1.82) is 0 Å². The second-order valence-electron chi connectivity index (χ2n) is 7.70. The Morgan fingerprint density at radius 3 is 2.59 bits per heavy atom. The Hall–Kier alpha value is -3.61. The van der Waals surface area contributed by atoms with Crippen LogP contribution in [0.2, 0.25) is 0 Å². The molecule has 7 nitrogen and oxygen atoms in total. The minimum Gasteiger partial charge on any atom is -0.456 e. The first-order chi connectivity index (χ1) is 15.5. The number of para-hydroxylation sites is 2. The third-order valence-electron chi connectivity index (χ3n) is 5.23. The summed E-state index contributed by atoms with van der Waals surface area (Å²) < 4.78 is 5.19. The number of H-pyrrole nitrogens is 1. The van der Waals surface area contributed by atoms with Gasteiger partial charge in [0.15, 0.2) is 6.61 Å². The van der Waals surface area contributed by atoms with Gasteiger partial charge >= 0.3 is 5.97 Å². The monoisotopic (exact) mass is 435 g/mol. The molecule has 1 aromatic heterocycles. The van der Waals surface area contributed by atoms with Gasteiger partial charge in [0.25, 0.3) is 5.91 Å². The van der Waals surface area contributed by atoms with E-state index in [1.165, 1.54) is 4.90 Å². The first kappa shape index (κ1) is 23.1. The van der Waals surface area contributed by atoms with Crippen molar-refractivity contribution < 1.29 is 19.1 Å². The molecule has 2 amide bonds. The number of fused-ring (bicyclic) bond motifs is 1. The summed E-state index contributed by atoms with van der Waals surface area (Å²) in [7, 11) is 0. The molecule has 0 saturated carbocycles. The molecule has 2 N–H and O–H groups in total. The van der Waals surface area contributed by atoms with Crippen LogP contribution in [0.4, 0.5) is 5.69 Å². The smallest absolute Gasteiger partial charge is 0.306 e. The van der Waals surface area contributed by atoms with Gasteiger partial charge in [-0.1, -0.05) is 43.3 Å². The minimum absolute atomic E-state index is 0.0894. The van der Waals surface area contributed by atoms with Crippen LogP contribution in [0.15, 0.2) is 54.7 Å². The molecule has 0 fully saturated rings. The zero-order valence-corrected chi connectivity index (χ0v) is 18.5. The highest BCUT2D eigenvalue weighted by Crippen LogP contribution is 2.19. The molecule has 32 heavy (non-hydrogen) atoms. The van der Waals surface area contributed by atoms with E-state index in [0.717, 1.165) is 22.0 Å². The van der Waals surface area contributed by atoms with E-state index < -0.39 is 5.97 Å². The van der Waals surface area contributed by atoms with Crippen LogP contribution in [0.1, 0.15) is 30.9 Å². The zero-order chi connectivity index (χ0) is 22.9. The molecule has 0 bridgehead atoms. The van der Waals surface area contributed by atoms with Gasteiger partial charge in [0, 0.05) is 35.8 Å². The van der Waals surface area contributed by atoms with Crippen molar-refractivity contribution in [2.75, 3.05) is 25.0 Å². The Balaban J connectivity index is 1.47. The SMILES string of the molecule is CCCN(CC(=O)Nc1ccccc1C)C(=O)COC(=O)CCc1c[nH]c2ccccc12. The summed E-state index contributed by atoms with van der Waals surface area (Å²) in [4.78, 5) is 41.8. The van der Waals surface area contributed by atoms with E-state index >= 15 is 0 Å². The predicted octanol–water partition coefficient (Wildman–Crippen LogP) is 3.83. The molecule has 0 aliphatic heterocycles. The molecule has 0 aliphatic rings. The van der Waals surface area contributed by atoms with Crippen LogP contribution in [0.25, 0.3) is 10.9 Å². The summed E-state index contributed by atoms with van der Waals surface area (Å²) in [6.45, 7) is 3.78. The van der Waals surface area contributed by atoms with Crippen molar-refractivity contribution in [3.8, 4) is 0 Å². The number of aryl methyl sites for hydroxylation is 2. The molecule has 0 spiro atoms. The van der Waals surface area contributed by atoms with E-state index in [-0.39, 0.29) is 31.4 Å². The van der Waals surface area contributed by atoms with Crippen LogP contribution < -0.4 is 5.32 Å². The normalized spacial score (nSPS) is 10.7. The number of esters is 1. The quantitative estimate of drug-likeness (QED) is 0.474. The molecule has 3 aromatic rings. The number of anilines is 1. The molecule has 0 saturated heterocycles.